The summed E-state index contributed by atoms with van der Waals surface area (Å²) in [5.41, 5.74) is 1.86. The number of hydrogen-bond acceptors (Lipinski definition) is 2. The monoisotopic (exact) mass is 288 g/mol. The molecule has 0 radical (unpaired) electrons. The zero-order valence-corrected chi connectivity index (χ0v) is 12.1. The maximum atomic E-state index is 11.7. The van der Waals surface area contributed by atoms with Crippen molar-refractivity contribution in [3.8, 4) is 0 Å². The highest BCUT2D eigenvalue weighted by Gasteiger charge is 2.21. The van der Waals surface area contributed by atoms with Crippen LogP contribution in [0.2, 0.25) is 0 Å². The highest BCUT2D eigenvalue weighted by molar-refractivity contribution is 5.86. The van der Waals surface area contributed by atoms with Crippen molar-refractivity contribution in [2.45, 2.75) is 38.6 Å². The smallest absolute Gasteiger partial charge is 0.326 e. The summed E-state index contributed by atoms with van der Waals surface area (Å²) in [6.45, 7) is 1.99. The van der Waals surface area contributed by atoms with E-state index < -0.39 is 12.0 Å². The summed E-state index contributed by atoms with van der Waals surface area (Å²) in [6.07, 6.45) is 4.13. The summed E-state index contributed by atoms with van der Waals surface area (Å²) in [4.78, 5) is 26.2. The maximum absolute atomic E-state index is 11.7. The van der Waals surface area contributed by atoms with Crippen molar-refractivity contribution in [2.24, 2.45) is 0 Å². The van der Waals surface area contributed by atoms with Gasteiger partial charge in [-0.1, -0.05) is 31.5 Å². The molecule has 5 heteroatoms. The Hall–Kier alpha value is -2.30. The lowest BCUT2D eigenvalue weighted by atomic mass is 10.0. The number of benzene rings is 1. The fourth-order valence-corrected chi connectivity index (χ4v) is 2.32. The quantitative estimate of drug-likeness (QED) is 0.732. The average molecular weight is 288 g/mol. The van der Waals surface area contributed by atoms with E-state index in [1.807, 2.05) is 31.2 Å². The van der Waals surface area contributed by atoms with Crippen molar-refractivity contribution in [1.82, 2.24) is 10.3 Å². The summed E-state index contributed by atoms with van der Waals surface area (Å²) in [5, 5.41) is 12.9. The summed E-state index contributed by atoms with van der Waals surface area (Å²) >= 11 is 0. The molecule has 1 heterocycles. The molecule has 1 amide bonds. The molecule has 0 fully saturated rings. The number of amides is 1. The van der Waals surface area contributed by atoms with Crippen molar-refractivity contribution >= 4 is 22.8 Å². The molecular weight excluding hydrogens is 268 g/mol. The number of unbranched alkanes of at least 4 members (excludes halogenated alkanes) is 1. The maximum Gasteiger partial charge on any atom is 0.326 e. The van der Waals surface area contributed by atoms with Gasteiger partial charge in [-0.3, -0.25) is 4.79 Å². The zero-order valence-electron chi connectivity index (χ0n) is 12.1. The van der Waals surface area contributed by atoms with Gasteiger partial charge in [0.05, 0.1) is 0 Å². The Labute approximate surface area is 123 Å². The molecule has 0 spiro atoms. The third-order valence-corrected chi connectivity index (χ3v) is 3.49. The Morgan fingerprint density at radius 2 is 2.10 bits per heavy atom. The average Bonchev–Trinajstić information content (AvgIpc) is 2.87. The molecule has 1 aromatic carbocycles. The molecule has 2 rings (SSSR count). The van der Waals surface area contributed by atoms with Gasteiger partial charge in [-0.2, -0.15) is 0 Å². The van der Waals surface area contributed by atoms with Crippen LogP contribution in [0.4, 0.5) is 0 Å². The number of nitrogens with one attached hydrogen (secondary N) is 2. The van der Waals surface area contributed by atoms with E-state index in [1.54, 1.807) is 6.20 Å². The molecule has 0 bridgehead atoms. The predicted octanol–water partition coefficient (Wildman–Crippen LogP) is 2.47. The van der Waals surface area contributed by atoms with Crippen LogP contribution in [0.15, 0.2) is 30.5 Å². The van der Waals surface area contributed by atoms with Crippen LogP contribution in [0.1, 0.15) is 31.7 Å². The molecule has 112 valence electrons. The van der Waals surface area contributed by atoms with Crippen molar-refractivity contribution in [3.05, 3.63) is 36.0 Å². The van der Waals surface area contributed by atoms with Crippen LogP contribution in [-0.4, -0.2) is 28.0 Å². The number of fused-ring (bicyclic) bond motifs is 1. The normalized spacial score (nSPS) is 12.2. The van der Waals surface area contributed by atoms with E-state index in [9.17, 15) is 14.7 Å². The van der Waals surface area contributed by atoms with Gasteiger partial charge >= 0.3 is 5.97 Å². The van der Waals surface area contributed by atoms with Crippen LogP contribution in [0.5, 0.6) is 0 Å². The van der Waals surface area contributed by atoms with Crippen LogP contribution in [0.25, 0.3) is 10.9 Å². The SMILES string of the molecule is CCCCC(=O)N[C@@H](Cc1c[nH]c2ccccc12)C(=O)O. The third-order valence-electron chi connectivity index (χ3n) is 3.49. The third kappa shape index (κ3) is 3.84. The van der Waals surface area contributed by atoms with Crippen LogP contribution >= 0.6 is 0 Å². The number of aromatic amines is 1. The second-order valence-corrected chi connectivity index (χ2v) is 5.13. The number of carbonyl (C=O) groups is 2. The van der Waals surface area contributed by atoms with Crippen LogP contribution in [-0.2, 0) is 16.0 Å². The van der Waals surface area contributed by atoms with Gasteiger partial charge in [-0.15, -0.1) is 0 Å². The lowest BCUT2D eigenvalue weighted by molar-refractivity contribution is -0.141. The number of H-pyrrole nitrogens is 1. The molecule has 2 aromatic rings. The lowest BCUT2D eigenvalue weighted by Gasteiger charge is -2.14. The molecule has 3 N–H and O–H groups in total. The number of carboxylic acid groups (broad SMARTS) is 1. The highest BCUT2D eigenvalue weighted by Crippen LogP contribution is 2.19. The Morgan fingerprint density at radius 3 is 2.81 bits per heavy atom. The largest absolute Gasteiger partial charge is 0.480 e. The standard InChI is InChI=1S/C16H20N2O3/c1-2-3-8-15(19)18-14(16(20)21)9-11-10-17-13-7-5-4-6-12(11)13/h4-7,10,14,17H,2-3,8-9H2,1H3,(H,18,19)(H,20,21)/t14-/m0/s1. The van der Waals surface area contributed by atoms with E-state index in [0.29, 0.717) is 6.42 Å². The first-order valence-electron chi connectivity index (χ1n) is 7.19. The first kappa shape index (κ1) is 15.1. The minimum absolute atomic E-state index is 0.205. The fraction of sp³-hybridized carbons (Fsp3) is 0.375. The Morgan fingerprint density at radius 1 is 1.33 bits per heavy atom. The van der Waals surface area contributed by atoms with E-state index in [4.69, 9.17) is 0 Å². The Bertz CT molecular complexity index is 633. The van der Waals surface area contributed by atoms with Gasteiger partial charge in [0, 0.05) is 29.9 Å². The minimum atomic E-state index is -1.01. The van der Waals surface area contributed by atoms with Crippen molar-refractivity contribution < 1.29 is 14.7 Å². The van der Waals surface area contributed by atoms with E-state index in [1.165, 1.54) is 0 Å². The number of rotatable bonds is 7. The van der Waals surface area contributed by atoms with E-state index in [2.05, 4.69) is 10.3 Å². The van der Waals surface area contributed by atoms with Gasteiger partial charge in [0.25, 0.3) is 0 Å². The summed E-state index contributed by atoms with van der Waals surface area (Å²) in [6, 6.07) is 6.82. The van der Waals surface area contributed by atoms with Crippen LogP contribution < -0.4 is 5.32 Å². The van der Waals surface area contributed by atoms with Gasteiger partial charge in [0.1, 0.15) is 6.04 Å². The lowest BCUT2D eigenvalue weighted by Crippen LogP contribution is -2.42. The molecule has 0 aliphatic rings. The van der Waals surface area contributed by atoms with Crippen molar-refractivity contribution in [1.29, 1.82) is 0 Å². The Kier molecular flexibility index (Phi) is 4.98. The molecule has 0 saturated carbocycles. The number of hydrogen-bond donors (Lipinski definition) is 3. The van der Waals surface area contributed by atoms with Crippen molar-refractivity contribution in [3.63, 3.8) is 0 Å². The van der Waals surface area contributed by atoms with E-state index >= 15 is 0 Å². The molecule has 0 aliphatic carbocycles. The number of aromatic nitrogens is 1. The number of aliphatic carboxylic acids is 1. The zero-order chi connectivity index (χ0) is 15.2. The molecular formula is C16H20N2O3. The van der Waals surface area contributed by atoms with Gasteiger partial charge in [-0.25, -0.2) is 4.79 Å². The topological polar surface area (TPSA) is 82.2 Å². The number of carboxylic acids is 1. The summed E-state index contributed by atoms with van der Waals surface area (Å²) in [5.74, 6) is -1.21. The van der Waals surface area contributed by atoms with Gasteiger partial charge in [0.15, 0.2) is 0 Å². The van der Waals surface area contributed by atoms with Gasteiger partial charge < -0.3 is 15.4 Å². The minimum Gasteiger partial charge on any atom is -0.480 e. The predicted molar refractivity (Wildman–Crippen MR) is 81.1 cm³/mol. The number of carbonyl (C=O) groups excluding carboxylic acids is 1. The molecule has 5 nitrogen and oxygen atoms in total. The van der Waals surface area contributed by atoms with Gasteiger partial charge in [-0.05, 0) is 18.1 Å². The highest BCUT2D eigenvalue weighted by atomic mass is 16.4. The van der Waals surface area contributed by atoms with Crippen LogP contribution in [0, 0.1) is 0 Å². The second kappa shape index (κ2) is 6.92. The summed E-state index contributed by atoms with van der Waals surface area (Å²) < 4.78 is 0. The molecule has 21 heavy (non-hydrogen) atoms. The first-order valence-corrected chi connectivity index (χ1v) is 7.19. The molecule has 1 aromatic heterocycles. The first-order chi connectivity index (χ1) is 10.1. The van der Waals surface area contributed by atoms with Gasteiger partial charge in [0.2, 0.25) is 5.91 Å². The summed E-state index contributed by atoms with van der Waals surface area (Å²) in [7, 11) is 0. The van der Waals surface area contributed by atoms with E-state index in [-0.39, 0.29) is 12.3 Å². The van der Waals surface area contributed by atoms with Crippen molar-refractivity contribution in [2.75, 3.05) is 0 Å². The Balaban J connectivity index is 2.09. The molecule has 0 unspecified atom stereocenters. The fourth-order valence-electron chi connectivity index (χ4n) is 2.32. The number of para-hydroxylation sites is 1. The van der Waals surface area contributed by atoms with E-state index in [0.717, 1.165) is 29.3 Å². The molecule has 0 aliphatic heterocycles. The second-order valence-electron chi connectivity index (χ2n) is 5.13. The molecule has 1 atom stereocenters. The molecule has 0 saturated heterocycles. The van der Waals surface area contributed by atoms with Crippen LogP contribution in [0.3, 0.4) is 0 Å².